The Balaban J connectivity index is 1.23. The molecule has 2 N–H and O–H groups in total. The van der Waals surface area contributed by atoms with E-state index in [0.29, 0.717) is 38.5 Å². The zero-order valence-electron chi connectivity index (χ0n) is 21.0. The number of halogens is 1. The van der Waals surface area contributed by atoms with Crippen LogP contribution in [0.5, 0.6) is 0 Å². The number of amides is 2. The highest BCUT2D eigenvalue weighted by Gasteiger charge is 2.47. The fraction of sp³-hybridized carbons (Fsp3) is 0.414. The molecule has 37 heavy (non-hydrogen) atoms. The number of nitrogens with zero attached hydrogens (tertiary/aromatic N) is 3. The number of piperidine rings is 1. The van der Waals surface area contributed by atoms with E-state index in [4.69, 9.17) is 10.5 Å². The number of nitrogens with two attached hydrogens (primary N) is 1. The molecule has 1 aromatic heterocycles. The van der Waals surface area contributed by atoms with E-state index >= 15 is 4.39 Å². The van der Waals surface area contributed by atoms with E-state index in [1.165, 1.54) is 6.07 Å². The van der Waals surface area contributed by atoms with Gasteiger partial charge in [-0.2, -0.15) is 0 Å². The Bertz CT molecular complexity index is 1380. The summed E-state index contributed by atoms with van der Waals surface area (Å²) in [7, 11) is 0. The van der Waals surface area contributed by atoms with Crippen LogP contribution in [0, 0.1) is 12.7 Å². The van der Waals surface area contributed by atoms with Crippen molar-refractivity contribution >= 4 is 22.7 Å². The molecule has 1 aliphatic carbocycles. The minimum atomic E-state index is -0.868. The van der Waals surface area contributed by atoms with Crippen LogP contribution in [-0.4, -0.2) is 64.5 Å². The topological polar surface area (TPSA) is 88.8 Å². The first-order valence-corrected chi connectivity index (χ1v) is 13.0. The maximum absolute atomic E-state index is 15.6. The van der Waals surface area contributed by atoms with Crippen molar-refractivity contribution in [1.82, 2.24) is 14.8 Å². The molecule has 3 heterocycles. The number of aryl methyl sites for hydroxylation is 1. The van der Waals surface area contributed by atoms with Crippen LogP contribution in [0.2, 0.25) is 0 Å². The average molecular weight is 503 g/mol. The van der Waals surface area contributed by atoms with Gasteiger partial charge >= 0.3 is 0 Å². The molecule has 3 fully saturated rings. The zero-order chi connectivity index (χ0) is 25.7. The summed E-state index contributed by atoms with van der Waals surface area (Å²) in [6, 6.07) is 14.2. The molecule has 8 heteroatoms. The molecule has 7 nitrogen and oxygen atoms in total. The molecule has 1 unspecified atom stereocenters. The highest BCUT2D eigenvalue weighted by molar-refractivity contribution is 5.94. The second kappa shape index (κ2) is 9.19. The molecule has 1 atom stereocenters. The highest BCUT2D eigenvalue weighted by Crippen LogP contribution is 2.39. The fourth-order valence-electron chi connectivity index (χ4n) is 5.91. The van der Waals surface area contributed by atoms with Gasteiger partial charge in [0, 0.05) is 35.8 Å². The maximum Gasteiger partial charge on any atom is 0.248 e. The van der Waals surface area contributed by atoms with Crippen molar-refractivity contribution in [2.75, 3.05) is 26.2 Å². The van der Waals surface area contributed by atoms with Gasteiger partial charge in [0.1, 0.15) is 18.5 Å². The fourth-order valence-corrected chi connectivity index (χ4v) is 5.91. The van der Waals surface area contributed by atoms with Crippen LogP contribution in [0.4, 0.5) is 4.39 Å². The summed E-state index contributed by atoms with van der Waals surface area (Å²) >= 11 is 0. The van der Waals surface area contributed by atoms with Gasteiger partial charge in [-0.3, -0.25) is 19.5 Å². The Morgan fingerprint density at radius 3 is 2.65 bits per heavy atom. The van der Waals surface area contributed by atoms with Gasteiger partial charge in [0.15, 0.2) is 0 Å². The van der Waals surface area contributed by atoms with Gasteiger partial charge < -0.3 is 15.4 Å². The first-order valence-electron chi connectivity index (χ1n) is 13.0. The predicted molar refractivity (Wildman–Crippen MR) is 138 cm³/mol. The number of pyridine rings is 1. The van der Waals surface area contributed by atoms with Crippen molar-refractivity contribution in [3.63, 3.8) is 0 Å². The van der Waals surface area contributed by atoms with Crippen molar-refractivity contribution in [2.24, 2.45) is 5.73 Å². The van der Waals surface area contributed by atoms with Gasteiger partial charge in [-0.05, 0) is 61.9 Å². The Hall–Kier alpha value is -3.36. The highest BCUT2D eigenvalue weighted by atomic mass is 19.1. The van der Waals surface area contributed by atoms with Crippen LogP contribution in [0.1, 0.15) is 43.0 Å². The molecule has 2 amide bonds. The largest absolute Gasteiger partial charge is 0.368 e. The molecule has 192 valence electrons. The Morgan fingerprint density at radius 1 is 1.16 bits per heavy atom. The number of rotatable bonds is 5. The number of primary amides is 1. The third-order valence-electron chi connectivity index (χ3n) is 8.09. The number of likely N-dealkylation sites (tertiary alicyclic amines) is 1. The predicted octanol–water partition coefficient (Wildman–Crippen LogP) is 3.73. The number of carbonyl (C=O) groups is 2. The lowest BCUT2D eigenvalue weighted by atomic mass is 9.87. The van der Waals surface area contributed by atoms with E-state index < -0.39 is 23.4 Å². The monoisotopic (exact) mass is 502 g/mol. The standard InChI is InChI=1S/C29H31FN4O3/c1-18-5-9-22-21(3-2-4-25(22)32-18)19-6-10-23(24(30)15-19)27(28(31)36)33-13-11-29(12-14-33)17-34(20-7-8-20)26(35)16-37-29/h2-6,9-10,15,20,27H,7-8,11-14,16-17H2,1H3,(H2,31,36). The van der Waals surface area contributed by atoms with Gasteiger partial charge in [-0.15, -0.1) is 0 Å². The Kier molecular flexibility index (Phi) is 5.96. The maximum atomic E-state index is 15.6. The summed E-state index contributed by atoms with van der Waals surface area (Å²) < 4.78 is 21.6. The smallest absolute Gasteiger partial charge is 0.248 e. The second-order valence-electron chi connectivity index (χ2n) is 10.6. The van der Waals surface area contributed by atoms with Gasteiger partial charge in [0.05, 0.1) is 17.7 Å². The molecule has 2 saturated heterocycles. The molecule has 3 aromatic rings. The molecule has 1 spiro atoms. The molecular formula is C29H31FN4O3. The molecule has 6 rings (SSSR count). The average Bonchev–Trinajstić information content (AvgIpc) is 3.73. The lowest BCUT2D eigenvalue weighted by Crippen LogP contribution is -2.60. The van der Waals surface area contributed by atoms with Crippen molar-refractivity contribution in [3.05, 3.63) is 65.6 Å². The van der Waals surface area contributed by atoms with Crippen LogP contribution < -0.4 is 5.73 Å². The van der Waals surface area contributed by atoms with E-state index in [1.807, 2.05) is 53.1 Å². The normalized spacial score (nSPS) is 20.9. The number of hydrogen-bond donors (Lipinski definition) is 1. The molecule has 2 aromatic carbocycles. The Labute approximate surface area is 215 Å². The second-order valence-corrected chi connectivity index (χ2v) is 10.6. The molecular weight excluding hydrogens is 471 g/mol. The van der Waals surface area contributed by atoms with Gasteiger partial charge in [-0.1, -0.05) is 30.3 Å². The molecule has 3 aliphatic rings. The zero-order valence-corrected chi connectivity index (χ0v) is 21.0. The quantitative estimate of drug-likeness (QED) is 0.574. The molecule has 0 bridgehead atoms. The number of ether oxygens (including phenoxy) is 1. The number of benzene rings is 2. The van der Waals surface area contributed by atoms with Gasteiger partial charge in [0.25, 0.3) is 0 Å². The first kappa shape index (κ1) is 24.0. The van der Waals surface area contributed by atoms with Crippen LogP contribution in [-0.2, 0) is 14.3 Å². The van der Waals surface area contributed by atoms with Crippen LogP contribution in [0.15, 0.2) is 48.5 Å². The van der Waals surface area contributed by atoms with E-state index in [9.17, 15) is 9.59 Å². The van der Waals surface area contributed by atoms with E-state index in [2.05, 4.69) is 4.98 Å². The Morgan fingerprint density at radius 2 is 1.95 bits per heavy atom. The third kappa shape index (κ3) is 4.49. The van der Waals surface area contributed by atoms with E-state index in [0.717, 1.165) is 40.6 Å². The van der Waals surface area contributed by atoms with Crippen molar-refractivity contribution < 1.29 is 18.7 Å². The molecule has 1 saturated carbocycles. The SMILES string of the molecule is Cc1ccc2c(-c3ccc(C(C(N)=O)N4CCC5(CC4)CN(C4CC4)C(=O)CO5)c(F)c3)cccc2n1. The minimum absolute atomic E-state index is 0.0600. The van der Waals surface area contributed by atoms with Crippen molar-refractivity contribution in [3.8, 4) is 11.1 Å². The molecule has 2 aliphatic heterocycles. The molecule has 0 radical (unpaired) electrons. The lowest BCUT2D eigenvalue weighted by Gasteiger charge is -2.48. The summed E-state index contributed by atoms with van der Waals surface area (Å²) in [5.74, 6) is -0.977. The van der Waals surface area contributed by atoms with E-state index in [-0.39, 0.29) is 18.1 Å². The van der Waals surface area contributed by atoms with Gasteiger partial charge in [-0.25, -0.2) is 4.39 Å². The third-order valence-corrected chi connectivity index (χ3v) is 8.09. The minimum Gasteiger partial charge on any atom is -0.368 e. The number of fused-ring (bicyclic) bond motifs is 1. The van der Waals surface area contributed by atoms with Crippen LogP contribution in [0.25, 0.3) is 22.0 Å². The van der Waals surface area contributed by atoms with Crippen LogP contribution in [0.3, 0.4) is 0 Å². The van der Waals surface area contributed by atoms with Gasteiger partial charge in [0.2, 0.25) is 11.8 Å². The summed E-state index contributed by atoms with van der Waals surface area (Å²) in [4.78, 5) is 33.4. The number of morpholine rings is 1. The summed E-state index contributed by atoms with van der Waals surface area (Å²) in [6.45, 7) is 3.71. The van der Waals surface area contributed by atoms with Crippen molar-refractivity contribution in [2.45, 2.75) is 50.3 Å². The number of aromatic nitrogens is 1. The van der Waals surface area contributed by atoms with E-state index in [1.54, 1.807) is 6.07 Å². The summed E-state index contributed by atoms with van der Waals surface area (Å²) in [5, 5.41) is 0.944. The first-order chi connectivity index (χ1) is 17.8. The number of carbonyl (C=O) groups excluding carboxylic acids is 2. The summed E-state index contributed by atoms with van der Waals surface area (Å²) in [5.41, 5.74) is 9.08. The van der Waals surface area contributed by atoms with Crippen LogP contribution >= 0.6 is 0 Å². The lowest BCUT2D eigenvalue weighted by molar-refractivity contribution is -0.173. The van der Waals surface area contributed by atoms with Crippen molar-refractivity contribution in [1.29, 1.82) is 0 Å². The summed E-state index contributed by atoms with van der Waals surface area (Å²) in [6.07, 6.45) is 3.44. The number of hydrogen-bond acceptors (Lipinski definition) is 5.